The second-order valence-electron chi connectivity index (χ2n) is 10.5. The molecule has 1 aliphatic heterocycles. The molecule has 0 bridgehead atoms. The van der Waals surface area contributed by atoms with Crippen LogP contribution in [0.2, 0.25) is 0 Å². The molecule has 1 saturated heterocycles. The number of nitrogens with zero attached hydrogens (tertiary/aromatic N) is 4. The van der Waals surface area contributed by atoms with Crippen LogP contribution >= 0.6 is 11.3 Å². The molecule has 1 aliphatic carbocycles. The molecular weight excluding hydrogens is 404 g/mol. The van der Waals surface area contributed by atoms with Gasteiger partial charge in [0.1, 0.15) is 37.6 Å². The number of hydrogen-bond acceptors (Lipinski definition) is 3. The van der Waals surface area contributed by atoms with Crippen LogP contribution in [-0.2, 0) is 19.4 Å². The molecule has 6 heteroatoms. The molecule has 0 saturated carbocycles. The van der Waals surface area contributed by atoms with Gasteiger partial charge in [-0.2, -0.15) is 0 Å². The van der Waals surface area contributed by atoms with Crippen molar-refractivity contribution in [3.8, 4) is 5.69 Å². The molecule has 0 amide bonds. The third kappa shape index (κ3) is 3.75. The van der Waals surface area contributed by atoms with E-state index in [0.29, 0.717) is 0 Å². The first-order valence-corrected chi connectivity index (χ1v) is 12.4. The maximum atomic E-state index is 14.0. The summed E-state index contributed by atoms with van der Waals surface area (Å²) in [7, 11) is 6.96. The van der Waals surface area contributed by atoms with Crippen LogP contribution in [0.15, 0.2) is 29.1 Å². The van der Waals surface area contributed by atoms with Gasteiger partial charge in [-0.05, 0) is 49.8 Å². The summed E-state index contributed by atoms with van der Waals surface area (Å²) in [6.45, 7) is 7.41. The maximum Gasteiger partial charge on any atom is 0.267 e. The van der Waals surface area contributed by atoms with E-state index < -0.39 is 0 Å². The minimum Gasteiger partial charge on any atom is -0.319 e. The zero-order chi connectivity index (χ0) is 21.8. The minimum absolute atomic E-state index is 0.133. The van der Waals surface area contributed by atoms with Gasteiger partial charge in [0.25, 0.3) is 5.56 Å². The molecule has 164 valence electrons. The second kappa shape index (κ2) is 7.54. The first-order valence-electron chi connectivity index (χ1n) is 11.5. The van der Waals surface area contributed by atoms with Crippen LogP contribution in [0.1, 0.15) is 34.7 Å². The first-order chi connectivity index (χ1) is 14.8. The molecule has 2 aromatic heterocycles. The van der Waals surface area contributed by atoms with Crippen LogP contribution in [0.4, 0.5) is 0 Å². The third-order valence-corrected chi connectivity index (χ3v) is 8.61. The molecule has 0 spiro atoms. The van der Waals surface area contributed by atoms with Crippen LogP contribution in [-0.4, -0.2) is 65.8 Å². The standard InChI is InChI=1S/C25H34N4OS/c1-18-9-5-7-11-20(18)27-22(17-29(4)15-13-28(2,3)14-16-29)26-24-23(25(27)30)19-10-6-8-12-21(19)31-24/h5,7,9,11H,6,8,10,12-17H2,1-4H3/q+2. The summed E-state index contributed by atoms with van der Waals surface area (Å²) in [6.07, 6.45) is 4.51. The number of hydrogen-bond donors (Lipinski definition) is 0. The molecule has 1 fully saturated rings. The largest absolute Gasteiger partial charge is 0.319 e. The number of para-hydroxylation sites is 1. The molecule has 0 radical (unpaired) electrons. The molecule has 5 rings (SSSR count). The third-order valence-electron chi connectivity index (χ3n) is 7.43. The van der Waals surface area contributed by atoms with Crippen molar-refractivity contribution in [1.29, 1.82) is 0 Å². The summed E-state index contributed by atoms with van der Waals surface area (Å²) in [5.74, 6) is 0.917. The van der Waals surface area contributed by atoms with Crippen molar-refractivity contribution in [2.75, 3.05) is 47.3 Å². The summed E-state index contributed by atoms with van der Waals surface area (Å²) < 4.78 is 3.95. The van der Waals surface area contributed by atoms with Crippen molar-refractivity contribution in [2.45, 2.75) is 39.2 Å². The van der Waals surface area contributed by atoms with Gasteiger partial charge in [0, 0.05) is 4.88 Å². The second-order valence-corrected chi connectivity index (χ2v) is 11.5. The van der Waals surface area contributed by atoms with Crippen LogP contribution < -0.4 is 5.56 Å². The lowest BCUT2D eigenvalue weighted by Crippen LogP contribution is -2.62. The predicted octanol–water partition coefficient (Wildman–Crippen LogP) is 3.67. The van der Waals surface area contributed by atoms with Gasteiger partial charge < -0.3 is 8.97 Å². The summed E-state index contributed by atoms with van der Waals surface area (Å²) in [6, 6.07) is 8.24. The van der Waals surface area contributed by atoms with Gasteiger partial charge in [-0.15, -0.1) is 11.3 Å². The predicted molar refractivity (Wildman–Crippen MR) is 128 cm³/mol. The van der Waals surface area contributed by atoms with Crippen molar-refractivity contribution in [3.63, 3.8) is 0 Å². The molecule has 5 nitrogen and oxygen atoms in total. The Balaban J connectivity index is 1.69. The Bertz CT molecular complexity index is 1200. The van der Waals surface area contributed by atoms with E-state index in [1.807, 2.05) is 16.7 Å². The zero-order valence-corrected chi connectivity index (χ0v) is 20.1. The number of aromatic nitrogens is 2. The Morgan fingerprint density at radius 3 is 2.48 bits per heavy atom. The topological polar surface area (TPSA) is 34.9 Å². The zero-order valence-electron chi connectivity index (χ0n) is 19.3. The van der Waals surface area contributed by atoms with E-state index in [0.717, 1.165) is 81.8 Å². The monoisotopic (exact) mass is 438 g/mol. The Kier molecular flexibility index (Phi) is 5.07. The summed E-state index contributed by atoms with van der Waals surface area (Å²) in [5.41, 5.74) is 3.51. The molecule has 3 aromatic rings. The van der Waals surface area contributed by atoms with Crippen LogP contribution in [0.5, 0.6) is 0 Å². The molecular formula is C25H34N4OS+2. The SMILES string of the molecule is Cc1ccccc1-n1c(C[N+]2(C)CC[N+](C)(C)CC2)nc2sc3c(c2c1=O)CCCC3. The van der Waals surface area contributed by atoms with Gasteiger partial charge in [-0.3, -0.25) is 9.36 Å². The van der Waals surface area contributed by atoms with Crippen molar-refractivity contribution in [2.24, 2.45) is 0 Å². The highest BCUT2D eigenvalue weighted by atomic mass is 32.1. The van der Waals surface area contributed by atoms with Gasteiger partial charge in [-0.25, -0.2) is 4.98 Å². The summed E-state index contributed by atoms with van der Waals surface area (Å²) in [4.78, 5) is 21.5. The fourth-order valence-corrected chi connectivity index (χ4v) is 6.43. The highest BCUT2D eigenvalue weighted by Crippen LogP contribution is 2.34. The van der Waals surface area contributed by atoms with E-state index in [9.17, 15) is 4.79 Å². The number of thiophene rings is 1. The number of likely N-dealkylation sites (N-methyl/N-ethyl adjacent to an activating group) is 2. The summed E-state index contributed by atoms with van der Waals surface area (Å²) >= 11 is 1.76. The van der Waals surface area contributed by atoms with Crippen LogP contribution in [0.25, 0.3) is 15.9 Å². The van der Waals surface area contributed by atoms with E-state index in [-0.39, 0.29) is 5.56 Å². The number of fused-ring (bicyclic) bond motifs is 3. The molecule has 1 aromatic carbocycles. The smallest absolute Gasteiger partial charge is 0.267 e. The molecule has 31 heavy (non-hydrogen) atoms. The van der Waals surface area contributed by atoms with E-state index in [1.54, 1.807) is 11.3 Å². The first kappa shape index (κ1) is 20.9. The quantitative estimate of drug-likeness (QED) is 0.585. The fraction of sp³-hybridized carbons (Fsp3) is 0.520. The van der Waals surface area contributed by atoms with E-state index >= 15 is 0 Å². The number of piperazine rings is 1. The van der Waals surface area contributed by atoms with Crippen molar-refractivity contribution in [3.05, 3.63) is 56.4 Å². The van der Waals surface area contributed by atoms with Crippen molar-refractivity contribution >= 4 is 21.6 Å². The van der Waals surface area contributed by atoms with E-state index in [4.69, 9.17) is 4.98 Å². The Labute approximate surface area is 188 Å². The van der Waals surface area contributed by atoms with Gasteiger partial charge in [0.2, 0.25) is 0 Å². The lowest BCUT2D eigenvalue weighted by atomic mass is 9.97. The lowest BCUT2D eigenvalue weighted by Gasteiger charge is -2.44. The highest BCUT2D eigenvalue weighted by Gasteiger charge is 2.36. The molecule has 0 unspecified atom stereocenters. The van der Waals surface area contributed by atoms with Crippen LogP contribution in [0.3, 0.4) is 0 Å². The molecule has 2 aliphatic rings. The number of benzene rings is 1. The average molecular weight is 439 g/mol. The van der Waals surface area contributed by atoms with Gasteiger partial charge in [0.15, 0.2) is 5.82 Å². The summed E-state index contributed by atoms with van der Waals surface area (Å²) in [5, 5.41) is 0.880. The Morgan fingerprint density at radius 2 is 1.74 bits per heavy atom. The normalized spacial score (nSPS) is 20.0. The Morgan fingerprint density at radius 1 is 1.03 bits per heavy atom. The van der Waals surface area contributed by atoms with Gasteiger partial charge in [-0.1, -0.05) is 18.2 Å². The van der Waals surface area contributed by atoms with E-state index in [1.165, 1.54) is 23.3 Å². The van der Waals surface area contributed by atoms with Gasteiger partial charge in [0.05, 0.1) is 32.2 Å². The maximum absolute atomic E-state index is 14.0. The van der Waals surface area contributed by atoms with Gasteiger partial charge >= 0.3 is 0 Å². The van der Waals surface area contributed by atoms with Crippen LogP contribution in [0, 0.1) is 6.92 Å². The van der Waals surface area contributed by atoms with Crippen molar-refractivity contribution in [1.82, 2.24) is 9.55 Å². The average Bonchev–Trinajstić information content (AvgIpc) is 3.10. The van der Waals surface area contributed by atoms with E-state index in [2.05, 4.69) is 40.2 Å². The lowest BCUT2D eigenvalue weighted by molar-refractivity contribution is -1.01. The number of rotatable bonds is 3. The highest BCUT2D eigenvalue weighted by molar-refractivity contribution is 7.18. The number of aryl methyl sites for hydroxylation is 3. The molecule has 0 atom stereocenters. The number of quaternary nitrogens is 2. The minimum atomic E-state index is 0.133. The fourth-order valence-electron chi connectivity index (χ4n) is 5.16. The van der Waals surface area contributed by atoms with Crippen molar-refractivity contribution < 1.29 is 8.97 Å². The molecule has 3 heterocycles. The Hall–Kier alpha value is -2.02. The molecule has 0 N–H and O–H groups in total.